The van der Waals surface area contributed by atoms with E-state index in [9.17, 15) is 4.79 Å². The summed E-state index contributed by atoms with van der Waals surface area (Å²) < 4.78 is 5.20. The van der Waals surface area contributed by atoms with Crippen LogP contribution in [-0.4, -0.2) is 11.7 Å². The van der Waals surface area contributed by atoms with E-state index in [1.807, 2.05) is 52.0 Å². The molecule has 4 heteroatoms. The van der Waals surface area contributed by atoms with Crippen molar-refractivity contribution in [3.63, 3.8) is 0 Å². The third-order valence-corrected chi connectivity index (χ3v) is 2.68. The van der Waals surface area contributed by atoms with Crippen LogP contribution in [0.1, 0.15) is 44.9 Å². The molecular weight excluding hydrogens is 250 g/mol. The van der Waals surface area contributed by atoms with E-state index in [0.29, 0.717) is 5.88 Å². The van der Waals surface area contributed by atoms with Crippen LogP contribution in [0, 0.1) is 0 Å². The molecule has 1 aromatic carbocycles. The number of alkyl carbamates (subject to hydrolysis) is 1. The predicted octanol–water partition coefficient (Wildman–Crippen LogP) is 4.01. The Bertz CT molecular complexity index is 395. The van der Waals surface area contributed by atoms with Crippen molar-refractivity contribution < 1.29 is 9.53 Å². The topological polar surface area (TPSA) is 38.3 Å². The minimum Gasteiger partial charge on any atom is -0.444 e. The molecule has 1 N–H and O–H groups in total. The van der Waals surface area contributed by atoms with Gasteiger partial charge in [0.25, 0.3) is 0 Å². The van der Waals surface area contributed by atoms with Crippen LogP contribution in [0.3, 0.4) is 0 Å². The highest BCUT2D eigenvalue weighted by atomic mass is 35.5. The first-order valence-corrected chi connectivity index (χ1v) is 6.49. The zero-order valence-electron chi connectivity index (χ0n) is 11.3. The lowest BCUT2D eigenvalue weighted by Gasteiger charge is -2.22. The third kappa shape index (κ3) is 4.96. The lowest BCUT2D eigenvalue weighted by molar-refractivity contribution is 0.0508. The molecule has 0 heterocycles. The monoisotopic (exact) mass is 269 g/mol. The summed E-state index contributed by atoms with van der Waals surface area (Å²) in [6.45, 7) is 7.44. The van der Waals surface area contributed by atoms with Gasteiger partial charge in [0.15, 0.2) is 0 Å². The fourth-order valence-corrected chi connectivity index (χ4v) is 1.64. The Hall–Kier alpha value is -1.22. The third-order valence-electron chi connectivity index (χ3n) is 2.37. The van der Waals surface area contributed by atoms with Crippen molar-refractivity contribution in [2.45, 2.75) is 45.2 Å². The summed E-state index contributed by atoms with van der Waals surface area (Å²) in [7, 11) is 0. The average Bonchev–Trinajstić information content (AvgIpc) is 2.26. The predicted molar refractivity (Wildman–Crippen MR) is 73.8 cm³/mol. The Morgan fingerprint density at radius 2 is 1.89 bits per heavy atom. The van der Waals surface area contributed by atoms with Gasteiger partial charge in [-0.1, -0.05) is 24.3 Å². The number of rotatable bonds is 3. The summed E-state index contributed by atoms with van der Waals surface area (Å²) in [6.07, 6.45) is -0.406. The van der Waals surface area contributed by atoms with Gasteiger partial charge >= 0.3 is 6.09 Å². The number of alkyl halides is 1. The van der Waals surface area contributed by atoms with Gasteiger partial charge in [-0.3, -0.25) is 0 Å². The first-order valence-electron chi connectivity index (χ1n) is 5.96. The SMILES string of the molecule is C[C@H](NC(=O)OC(C)(C)C)c1ccc(CCl)cc1. The van der Waals surface area contributed by atoms with Gasteiger partial charge in [0.1, 0.15) is 5.60 Å². The van der Waals surface area contributed by atoms with E-state index in [1.165, 1.54) is 0 Å². The minimum atomic E-state index is -0.480. The molecule has 0 aliphatic carbocycles. The maximum Gasteiger partial charge on any atom is 0.408 e. The van der Waals surface area contributed by atoms with E-state index < -0.39 is 11.7 Å². The van der Waals surface area contributed by atoms with Crippen molar-refractivity contribution in [2.24, 2.45) is 0 Å². The van der Waals surface area contributed by atoms with E-state index >= 15 is 0 Å². The molecule has 0 aliphatic rings. The number of ether oxygens (including phenoxy) is 1. The molecule has 18 heavy (non-hydrogen) atoms. The normalized spacial score (nSPS) is 12.9. The molecule has 0 unspecified atom stereocenters. The van der Waals surface area contributed by atoms with Crippen LogP contribution in [0.4, 0.5) is 4.79 Å². The van der Waals surface area contributed by atoms with Crippen LogP contribution in [0.15, 0.2) is 24.3 Å². The molecule has 0 saturated carbocycles. The molecule has 1 amide bonds. The van der Waals surface area contributed by atoms with E-state index in [0.717, 1.165) is 11.1 Å². The van der Waals surface area contributed by atoms with Crippen LogP contribution in [0.2, 0.25) is 0 Å². The average molecular weight is 270 g/mol. The summed E-state index contributed by atoms with van der Waals surface area (Å²) in [6, 6.07) is 7.73. The van der Waals surface area contributed by atoms with Gasteiger partial charge in [0.05, 0.1) is 6.04 Å². The molecule has 1 rings (SSSR count). The maximum atomic E-state index is 11.6. The zero-order chi connectivity index (χ0) is 13.8. The molecule has 0 aromatic heterocycles. The van der Waals surface area contributed by atoms with Crippen molar-refractivity contribution in [1.29, 1.82) is 0 Å². The van der Waals surface area contributed by atoms with E-state index in [4.69, 9.17) is 16.3 Å². The van der Waals surface area contributed by atoms with Gasteiger partial charge in [-0.15, -0.1) is 11.6 Å². The van der Waals surface area contributed by atoms with E-state index in [1.54, 1.807) is 0 Å². The fraction of sp³-hybridized carbons (Fsp3) is 0.500. The number of hydrogen-bond acceptors (Lipinski definition) is 2. The van der Waals surface area contributed by atoms with Crippen molar-refractivity contribution in [3.8, 4) is 0 Å². The number of halogens is 1. The fourth-order valence-electron chi connectivity index (χ4n) is 1.46. The second-order valence-corrected chi connectivity index (χ2v) is 5.51. The smallest absolute Gasteiger partial charge is 0.408 e. The van der Waals surface area contributed by atoms with Gasteiger partial charge < -0.3 is 10.1 Å². The van der Waals surface area contributed by atoms with Crippen molar-refractivity contribution in [3.05, 3.63) is 35.4 Å². The Morgan fingerprint density at radius 3 is 2.33 bits per heavy atom. The first kappa shape index (κ1) is 14.8. The van der Waals surface area contributed by atoms with Crippen LogP contribution in [0.25, 0.3) is 0 Å². The van der Waals surface area contributed by atoms with Gasteiger partial charge in [0, 0.05) is 5.88 Å². The highest BCUT2D eigenvalue weighted by Gasteiger charge is 2.18. The number of carbonyl (C=O) groups excluding carboxylic acids is 1. The van der Waals surface area contributed by atoms with Crippen molar-refractivity contribution in [1.82, 2.24) is 5.32 Å². The second-order valence-electron chi connectivity index (χ2n) is 5.24. The van der Waals surface area contributed by atoms with E-state index in [-0.39, 0.29) is 6.04 Å². The Labute approximate surface area is 113 Å². The molecule has 0 radical (unpaired) electrons. The first-order chi connectivity index (χ1) is 8.31. The largest absolute Gasteiger partial charge is 0.444 e. The summed E-state index contributed by atoms with van der Waals surface area (Å²) >= 11 is 5.73. The van der Waals surface area contributed by atoms with Gasteiger partial charge in [0.2, 0.25) is 0 Å². The molecule has 3 nitrogen and oxygen atoms in total. The molecule has 1 aromatic rings. The molecule has 0 saturated heterocycles. The summed E-state index contributed by atoms with van der Waals surface area (Å²) in [5.74, 6) is 0.494. The highest BCUT2D eigenvalue weighted by Crippen LogP contribution is 2.15. The van der Waals surface area contributed by atoms with Crippen LogP contribution in [-0.2, 0) is 10.6 Å². The second kappa shape index (κ2) is 6.10. The van der Waals surface area contributed by atoms with Crippen LogP contribution < -0.4 is 5.32 Å². The minimum absolute atomic E-state index is 0.0933. The standard InChI is InChI=1S/C14H20ClNO2/c1-10(16-13(17)18-14(2,3)4)12-7-5-11(9-15)6-8-12/h5-8,10H,9H2,1-4H3,(H,16,17)/t10-/m0/s1. The molecule has 0 bridgehead atoms. The number of benzene rings is 1. The molecule has 0 spiro atoms. The van der Waals surface area contributed by atoms with Gasteiger partial charge in [-0.25, -0.2) is 4.79 Å². The lowest BCUT2D eigenvalue weighted by atomic mass is 10.1. The number of carbonyl (C=O) groups is 1. The Kier molecular flexibility index (Phi) is 5.03. The molecule has 100 valence electrons. The molecule has 1 atom stereocenters. The quantitative estimate of drug-likeness (QED) is 0.842. The highest BCUT2D eigenvalue weighted by molar-refractivity contribution is 6.17. The number of hydrogen-bond donors (Lipinski definition) is 1. The summed E-state index contributed by atoms with van der Waals surface area (Å²) in [4.78, 5) is 11.6. The maximum absolute atomic E-state index is 11.6. The number of nitrogens with one attached hydrogen (secondary N) is 1. The van der Waals surface area contributed by atoms with Gasteiger partial charge in [-0.2, -0.15) is 0 Å². The summed E-state index contributed by atoms with van der Waals surface area (Å²) in [5.41, 5.74) is 1.60. The van der Waals surface area contributed by atoms with E-state index in [2.05, 4.69) is 5.32 Å². The lowest BCUT2D eigenvalue weighted by Crippen LogP contribution is -2.34. The molecular formula is C14H20ClNO2. The van der Waals surface area contributed by atoms with Crippen molar-refractivity contribution in [2.75, 3.05) is 0 Å². The van der Waals surface area contributed by atoms with Crippen molar-refractivity contribution >= 4 is 17.7 Å². The Morgan fingerprint density at radius 1 is 1.33 bits per heavy atom. The Balaban J connectivity index is 2.59. The molecule has 0 aliphatic heterocycles. The molecule has 0 fully saturated rings. The summed E-state index contributed by atoms with van der Waals surface area (Å²) in [5, 5.41) is 2.80. The zero-order valence-corrected chi connectivity index (χ0v) is 12.0. The van der Waals surface area contributed by atoms with Crippen LogP contribution in [0.5, 0.6) is 0 Å². The van der Waals surface area contributed by atoms with Gasteiger partial charge in [-0.05, 0) is 38.8 Å². The van der Waals surface area contributed by atoms with Crippen LogP contribution >= 0.6 is 11.6 Å². The number of amides is 1.